The molecular weight excluding hydrogens is 527 g/mol. The molecule has 1 aliphatic carbocycles. The highest BCUT2D eigenvalue weighted by molar-refractivity contribution is 7.89. The molecule has 5 nitrogen and oxygen atoms in total. The fourth-order valence-electron chi connectivity index (χ4n) is 5.84. The van der Waals surface area contributed by atoms with Crippen molar-refractivity contribution in [2.45, 2.75) is 64.0 Å². The Morgan fingerprint density at radius 3 is 2.38 bits per heavy atom. The molecule has 4 atom stereocenters. The highest BCUT2D eigenvalue weighted by atomic mass is 35.5. The summed E-state index contributed by atoms with van der Waals surface area (Å²) in [7, 11) is -3.42. The number of piperidine rings is 1. The first-order valence-corrected chi connectivity index (χ1v) is 15.5. The van der Waals surface area contributed by atoms with E-state index in [0.29, 0.717) is 29.3 Å². The van der Waals surface area contributed by atoms with Crippen LogP contribution < -0.4 is 4.72 Å². The minimum absolute atomic E-state index is 0.000549. The third-order valence-corrected chi connectivity index (χ3v) is 9.95. The molecule has 1 saturated heterocycles. The molecule has 2 aliphatic rings. The van der Waals surface area contributed by atoms with E-state index in [9.17, 15) is 13.2 Å². The van der Waals surface area contributed by atoms with Crippen LogP contribution in [-0.2, 0) is 14.8 Å². The molecule has 1 aliphatic heterocycles. The standard InChI is InChI=1S/C29H36Cl2N2O3S/c1-4-16-29(5-2)18-25(22-8-7-9-24(31)17-22)27(21-12-14-23(30)15-13-21)33(28(29)34)26(20-10-11-20)19-32-37(35,36)6-3/h4,7-9,12-15,17,20,25-27,32H,1,5-6,10-11,16,18-19H2,2-3H3/t25-,26?,27-,29+/m1/s1. The van der Waals surface area contributed by atoms with Crippen LogP contribution in [-0.4, -0.2) is 37.6 Å². The summed E-state index contributed by atoms with van der Waals surface area (Å²) in [4.78, 5) is 16.6. The number of likely N-dealkylation sites (tertiary alicyclic amines) is 1. The van der Waals surface area contributed by atoms with Gasteiger partial charge in [0.2, 0.25) is 15.9 Å². The first kappa shape index (κ1) is 28.2. The fourth-order valence-corrected chi connectivity index (χ4v) is 6.79. The zero-order valence-electron chi connectivity index (χ0n) is 21.5. The number of allylic oxidation sites excluding steroid dienone is 1. The molecule has 4 rings (SSSR count). The minimum atomic E-state index is -3.42. The molecule has 0 aromatic heterocycles. The number of rotatable bonds is 11. The lowest BCUT2D eigenvalue weighted by Crippen LogP contribution is -2.59. The summed E-state index contributed by atoms with van der Waals surface area (Å²) in [6.45, 7) is 7.86. The number of carbonyl (C=O) groups is 1. The average Bonchev–Trinajstić information content (AvgIpc) is 3.72. The van der Waals surface area contributed by atoms with Crippen molar-refractivity contribution in [2.24, 2.45) is 11.3 Å². The molecule has 0 bridgehead atoms. The molecule has 200 valence electrons. The minimum Gasteiger partial charge on any atom is -0.330 e. The van der Waals surface area contributed by atoms with Gasteiger partial charge in [0, 0.05) is 28.5 Å². The van der Waals surface area contributed by atoms with Gasteiger partial charge in [0.15, 0.2) is 0 Å². The second-order valence-electron chi connectivity index (χ2n) is 10.4. The Labute approximate surface area is 231 Å². The normalized spacial score (nSPS) is 25.2. The van der Waals surface area contributed by atoms with Crippen LogP contribution in [0.3, 0.4) is 0 Å². The van der Waals surface area contributed by atoms with E-state index in [1.807, 2.05) is 53.4 Å². The molecule has 0 spiro atoms. The molecule has 1 saturated carbocycles. The average molecular weight is 564 g/mol. The van der Waals surface area contributed by atoms with E-state index in [4.69, 9.17) is 23.2 Å². The predicted octanol–water partition coefficient (Wildman–Crippen LogP) is 6.74. The lowest BCUT2D eigenvalue weighted by Gasteiger charge is -2.53. The van der Waals surface area contributed by atoms with Gasteiger partial charge in [-0.25, -0.2) is 13.1 Å². The fraction of sp³-hybridized carbons (Fsp3) is 0.483. The van der Waals surface area contributed by atoms with Crippen molar-refractivity contribution in [3.8, 4) is 0 Å². The zero-order chi connectivity index (χ0) is 26.8. The van der Waals surface area contributed by atoms with Gasteiger partial charge in [0.05, 0.1) is 17.2 Å². The van der Waals surface area contributed by atoms with E-state index in [1.54, 1.807) is 6.92 Å². The molecule has 0 radical (unpaired) electrons. The summed E-state index contributed by atoms with van der Waals surface area (Å²) in [6, 6.07) is 15.0. The van der Waals surface area contributed by atoms with E-state index in [-0.39, 0.29) is 42.1 Å². The quantitative estimate of drug-likeness (QED) is 0.308. The summed E-state index contributed by atoms with van der Waals surface area (Å²) >= 11 is 12.7. The summed E-state index contributed by atoms with van der Waals surface area (Å²) in [5.74, 6) is 0.274. The summed E-state index contributed by atoms with van der Waals surface area (Å²) in [5.41, 5.74) is 1.42. The Kier molecular flexibility index (Phi) is 8.74. The smallest absolute Gasteiger partial charge is 0.229 e. The van der Waals surface area contributed by atoms with Crippen LogP contribution in [0, 0.1) is 11.3 Å². The van der Waals surface area contributed by atoms with Crippen molar-refractivity contribution in [3.05, 3.63) is 82.4 Å². The molecule has 1 unspecified atom stereocenters. The van der Waals surface area contributed by atoms with Gasteiger partial charge in [-0.1, -0.05) is 60.5 Å². The molecule has 1 N–H and O–H groups in total. The van der Waals surface area contributed by atoms with Crippen LogP contribution in [0.25, 0.3) is 0 Å². The maximum atomic E-state index is 14.6. The number of carbonyl (C=O) groups excluding carboxylic acids is 1. The topological polar surface area (TPSA) is 66.5 Å². The van der Waals surface area contributed by atoms with Crippen LogP contribution >= 0.6 is 23.2 Å². The Morgan fingerprint density at radius 2 is 1.81 bits per heavy atom. The van der Waals surface area contributed by atoms with Gasteiger partial charge in [0.1, 0.15) is 0 Å². The second-order valence-corrected chi connectivity index (χ2v) is 13.3. The molecule has 1 amide bonds. The van der Waals surface area contributed by atoms with E-state index in [2.05, 4.69) is 24.3 Å². The molecule has 1 heterocycles. The molecular formula is C29H36Cl2N2O3S. The van der Waals surface area contributed by atoms with E-state index >= 15 is 0 Å². The predicted molar refractivity (Wildman–Crippen MR) is 151 cm³/mol. The van der Waals surface area contributed by atoms with Crippen LogP contribution in [0.1, 0.15) is 69.0 Å². The molecule has 2 fully saturated rings. The molecule has 2 aromatic carbocycles. The number of benzene rings is 2. The summed E-state index contributed by atoms with van der Waals surface area (Å²) < 4.78 is 27.7. The van der Waals surface area contributed by atoms with Crippen molar-refractivity contribution < 1.29 is 13.2 Å². The van der Waals surface area contributed by atoms with Gasteiger partial charge >= 0.3 is 0 Å². The number of hydrogen-bond donors (Lipinski definition) is 1. The van der Waals surface area contributed by atoms with Crippen molar-refractivity contribution in [3.63, 3.8) is 0 Å². The highest BCUT2D eigenvalue weighted by Gasteiger charge is 2.54. The van der Waals surface area contributed by atoms with Gasteiger partial charge in [-0.2, -0.15) is 0 Å². The number of amides is 1. The summed E-state index contributed by atoms with van der Waals surface area (Å²) in [6.07, 6.45) is 5.65. The van der Waals surface area contributed by atoms with Crippen LogP contribution in [0.4, 0.5) is 0 Å². The van der Waals surface area contributed by atoms with Crippen molar-refractivity contribution in [1.82, 2.24) is 9.62 Å². The molecule has 2 aromatic rings. The Bertz CT molecular complexity index is 1230. The maximum absolute atomic E-state index is 14.6. The molecule has 37 heavy (non-hydrogen) atoms. The highest BCUT2D eigenvalue weighted by Crippen LogP contribution is 2.55. The van der Waals surface area contributed by atoms with Crippen molar-refractivity contribution >= 4 is 39.1 Å². The van der Waals surface area contributed by atoms with Gasteiger partial charge in [-0.3, -0.25) is 4.79 Å². The SMILES string of the molecule is C=CC[C@@]1(CC)C[C@H](c2cccc(Cl)c2)[C@@H](c2ccc(Cl)cc2)N(C(CNS(=O)(=O)CC)C2CC2)C1=O. The Hall–Kier alpha value is -1.86. The van der Waals surface area contributed by atoms with Crippen LogP contribution in [0.15, 0.2) is 61.2 Å². The third kappa shape index (κ3) is 6.08. The van der Waals surface area contributed by atoms with Gasteiger partial charge in [-0.15, -0.1) is 6.58 Å². The van der Waals surface area contributed by atoms with Crippen LogP contribution in [0.2, 0.25) is 10.0 Å². The molecule has 8 heteroatoms. The lowest BCUT2D eigenvalue weighted by atomic mass is 9.65. The number of hydrogen-bond acceptors (Lipinski definition) is 3. The monoisotopic (exact) mass is 562 g/mol. The first-order valence-electron chi connectivity index (χ1n) is 13.1. The maximum Gasteiger partial charge on any atom is 0.229 e. The Morgan fingerprint density at radius 1 is 1.11 bits per heavy atom. The Balaban J connectivity index is 1.90. The number of nitrogens with one attached hydrogen (secondary N) is 1. The van der Waals surface area contributed by atoms with E-state index < -0.39 is 15.4 Å². The zero-order valence-corrected chi connectivity index (χ0v) is 23.8. The third-order valence-electron chi connectivity index (χ3n) is 8.10. The van der Waals surface area contributed by atoms with Gasteiger partial charge in [-0.05, 0) is 80.3 Å². The van der Waals surface area contributed by atoms with Crippen molar-refractivity contribution in [2.75, 3.05) is 12.3 Å². The van der Waals surface area contributed by atoms with Crippen LogP contribution in [0.5, 0.6) is 0 Å². The first-order chi connectivity index (χ1) is 17.6. The number of nitrogens with zero attached hydrogens (tertiary/aromatic N) is 1. The van der Waals surface area contributed by atoms with Crippen molar-refractivity contribution in [1.29, 1.82) is 0 Å². The summed E-state index contributed by atoms with van der Waals surface area (Å²) in [5, 5.41) is 1.27. The van der Waals surface area contributed by atoms with Gasteiger partial charge in [0.25, 0.3) is 0 Å². The second kappa shape index (κ2) is 11.5. The van der Waals surface area contributed by atoms with E-state index in [0.717, 1.165) is 24.0 Å². The largest absolute Gasteiger partial charge is 0.330 e. The number of halogens is 2. The van der Waals surface area contributed by atoms with E-state index in [1.165, 1.54) is 0 Å². The number of sulfonamides is 1. The van der Waals surface area contributed by atoms with Gasteiger partial charge < -0.3 is 4.90 Å². The lowest BCUT2D eigenvalue weighted by molar-refractivity contribution is -0.156.